The van der Waals surface area contributed by atoms with Crippen molar-refractivity contribution in [1.82, 2.24) is 4.90 Å². The van der Waals surface area contributed by atoms with Crippen molar-refractivity contribution in [3.63, 3.8) is 0 Å². The average molecular weight is 504 g/mol. The summed E-state index contributed by atoms with van der Waals surface area (Å²) in [6.07, 6.45) is 4.54. The van der Waals surface area contributed by atoms with Crippen LogP contribution in [0.15, 0.2) is 48.0 Å². The van der Waals surface area contributed by atoms with Crippen molar-refractivity contribution in [3.05, 3.63) is 64.7 Å². The Morgan fingerprint density at radius 3 is 2.61 bits per heavy atom. The second-order valence-corrected chi connectivity index (χ2v) is 9.84. The number of methoxy groups -OCH3 is 1. The molecule has 0 radical (unpaired) electrons. The Hall–Kier alpha value is -2.51. The Labute approximate surface area is 211 Å². The van der Waals surface area contributed by atoms with Crippen LogP contribution in [0.1, 0.15) is 61.8 Å². The Morgan fingerprint density at radius 2 is 1.86 bits per heavy atom. The minimum atomic E-state index is -3.21. The van der Waals surface area contributed by atoms with Crippen LogP contribution in [0, 0.1) is 0 Å². The molecule has 0 amide bonds. The summed E-state index contributed by atoms with van der Waals surface area (Å²) in [5.41, 5.74) is 5.56. The molecule has 2 aromatic rings. The van der Waals surface area contributed by atoms with Crippen LogP contribution in [-0.2, 0) is 6.42 Å². The van der Waals surface area contributed by atoms with Gasteiger partial charge >= 0.3 is 0 Å². The molecule has 1 aliphatic heterocycles. The molecule has 0 aromatic heterocycles. The van der Waals surface area contributed by atoms with E-state index in [1.807, 2.05) is 42.2 Å². The van der Waals surface area contributed by atoms with Gasteiger partial charge in [0.25, 0.3) is 5.92 Å². The van der Waals surface area contributed by atoms with E-state index < -0.39 is 25.1 Å². The molecular weight excluding hydrogens is 467 g/mol. The van der Waals surface area contributed by atoms with Crippen LogP contribution in [0.5, 0.6) is 11.5 Å². The predicted octanol–water partition coefficient (Wildman–Crippen LogP) is 6.38. The largest absolute Gasteiger partial charge is 0.496 e. The number of halogens is 3. The molecule has 1 heterocycles. The van der Waals surface area contributed by atoms with Crippen molar-refractivity contribution in [3.8, 4) is 11.5 Å². The van der Waals surface area contributed by atoms with E-state index >= 15 is 0 Å². The second-order valence-electron chi connectivity index (χ2n) is 9.84. The summed E-state index contributed by atoms with van der Waals surface area (Å²) in [5, 5.41) is 9.34. The quantitative estimate of drug-likeness (QED) is 0.342. The highest BCUT2D eigenvalue weighted by molar-refractivity contribution is 5.79. The molecule has 196 valence electrons. The number of nitrogens with zero attached hydrogens (tertiary/aromatic N) is 1. The van der Waals surface area contributed by atoms with E-state index in [1.165, 1.54) is 16.7 Å². The zero-order valence-electron chi connectivity index (χ0n) is 21.1. The molecule has 0 spiro atoms. The van der Waals surface area contributed by atoms with Crippen molar-refractivity contribution in [2.45, 2.75) is 63.5 Å². The van der Waals surface area contributed by atoms with Crippen LogP contribution in [0.2, 0.25) is 0 Å². The molecular formula is C29H36F3NO3. The first-order chi connectivity index (χ1) is 17.4. The minimum absolute atomic E-state index is 0.151. The fraction of sp³-hybridized carbons (Fsp3) is 0.517. The highest BCUT2D eigenvalue weighted by Crippen LogP contribution is 2.51. The van der Waals surface area contributed by atoms with E-state index in [0.717, 1.165) is 30.4 Å². The van der Waals surface area contributed by atoms with Gasteiger partial charge < -0.3 is 14.6 Å². The first kappa shape index (κ1) is 26.6. The highest BCUT2D eigenvalue weighted by Gasteiger charge is 2.44. The van der Waals surface area contributed by atoms with Crippen molar-refractivity contribution in [1.29, 1.82) is 0 Å². The summed E-state index contributed by atoms with van der Waals surface area (Å²) in [6, 6.07) is 13.3. The van der Waals surface area contributed by atoms with Gasteiger partial charge in [0.05, 0.1) is 33.0 Å². The molecule has 0 saturated heterocycles. The van der Waals surface area contributed by atoms with Gasteiger partial charge in [-0.25, -0.2) is 8.78 Å². The lowest BCUT2D eigenvalue weighted by molar-refractivity contribution is -0.0858. The zero-order valence-corrected chi connectivity index (χ0v) is 21.1. The number of aliphatic hydroxyl groups is 1. The lowest BCUT2D eigenvalue weighted by Crippen LogP contribution is -2.48. The molecule has 2 atom stereocenters. The summed E-state index contributed by atoms with van der Waals surface area (Å²) < 4.78 is 53.0. The lowest BCUT2D eigenvalue weighted by atomic mass is 9.84. The number of fused-ring (bicyclic) bond motifs is 2. The second kappa shape index (κ2) is 11.7. The molecule has 4 rings (SSSR count). The maximum absolute atomic E-state index is 14.5. The molecule has 0 unspecified atom stereocenters. The normalized spacial score (nSPS) is 19.8. The van der Waals surface area contributed by atoms with E-state index in [2.05, 4.69) is 12.1 Å². The Bertz CT molecular complexity index is 1070. The van der Waals surface area contributed by atoms with Crippen molar-refractivity contribution < 1.29 is 27.8 Å². The number of benzene rings is 2. The third-order valence-corrected chi connectivity index (χ3v) is 7.28. The van der Waals surface area contributed by atoms with Crippen molar-refractivity contribution in [2.75, 3.05) is 33.5 Å². The van der Waals surface area contributed by atoms with Gasteiger partial charge in [0, 0.05) is 17.7 Å². The maximum Gasteiger partial charge on any atom is 0.283 e. The molecule has 0 fully saturated rings. The van der Waals surface area contributed by atoms with Crippen LogP contribution in [-0.4, -0.2) is 55.5 Å². The third-order valence-electron chi connectivity index (χ3n) is 7.28. The Morgan fingerprint density at radius 1 is 1.08 bits per heavy atom. The number of aliphatic hydroxyl groups excluding tert-OH is 1. The number of alkyl halides is 3. The monoisotopic (exact) mass is 503 g/mol. The number of ether oxygens (including phenoxy) is 2. The van der Waals surface area contributed by atoms with Gasteiger partial charge in [0.15, 0.2) is 0 Å². The van der Waals surface area contributed by atoms with Crippen molar-refractivity contribution in [2.24, 2.45) is 0 Å². The topological polar surface area (TPSA) is 41.9 Å². The summed E-state index contributed by atoms with van der Waals surface area (Å²) >= 11 is 0. The van der Waals surface area contributed by atoms with Crippen molar-refractivity contribution >= 4 is 5.57 Å². The average Bonchev–Trinajstić information content (AvgIpc) is 3.24. The van der Waals surface area contributed by atoms with Gasteiger partial charge in [-0.05, 0) is 73.4 Å². The first-order valence-corrected chi connectivity index (χ1v) is 12.8. The molecule has 0 bridgehead atoms. The zero-order chi connectivity index (χ0) is 25.7. The third kappa shape index (κ3) is 5.73. The summed E-state index contributed by atoms with van der Waals surface area (Å²) in [6.45, 7) is 0.476. The number of unbranched alkanes of at least 4 members (excludes halogenated alkanes) is 3. The minimum Gasteiger partial charge on any atom is -0.496 e. The SMILES string of the molecule is COc1cc(OCCCCCCF)ccc1[C@@H]1C2=C(C[C@@H](C)N1CC(F)(F)CO)c1ccccc1C2. The summed E-state index contributed by atoms with van der Waals surface area (Å²) in [4.78, 5) is 1.81. The fourth-order valence-corrected chi connectivity index (χ4v) is 5.50. The van der Waals surface area contributed by atoms with Gasteiger partial charge in [-0.3, -0.25) is 9.29 Å². The van der Waals surface area contributed by atoms with Crippen LogP contribution in [0.3, 0.4) is 0 Å². The van der Waals surface area contributed by atoms with E-state index in [-0.39, 0.29) is 12.7 Å². The van der Waals surface area contributed by atoms with E-state index in [0.29, 0.717) is 37.4 Å². The van der Waals surface area contributed by atoms with E-state index in [9.17, 15) is 18.3 Å². The fourth-order valence-electron chi connectivity index (χ4n) is 5.50. The smallest absolute Gasteiger partial charge is 0.283 e. The van der Waals surface area contributed by atoms with Crippen LogP contribution in [0.4, 0.5) is 13.2 Å². The first-order valence-electron chi connectivity index (χ1n) is 12.8. The maximum atomic E-state index is 14.5. The van der Waals surface area contributed by atoms with Crippen LogP contribution >= 0.6 is 0 Å². The summed E-state index contributed by atoms with van der Waals surface area (Å²) in [5.74, 6) is -1.97. The molecule has 0 saturated carbocycles. The molecule has 4 nitrogen and oxygen atoms in total. The van der Waals surface area contributed by atoms with Gasteiger partial charge in [-0.15, -0.1) is 0 Å². The lowest BCUT2D eigenvalue weighted by Gasteiger charge is -2.43. The molecule has 36 heavy (non-hydrogen) atoms. The Balaban J connectivity index is 1.65. The highest BCUT2D eigenvalue weighted by atomic mass is 19.3. The van der Waals surface area contributed by atoms with E-state index in [4.69, 9.17) is 9.47 Å². The van der Waals surface area contributed by atoms with Gasteiger partial charge in [0.2, 0.25) is 0 Å². The molecule has 2 aromatic carbocycles. The molecule has 2 aliphatic rings. The molecule has 7 heteroatoms. The molecule has 1 N–H and O–H groups in total. The van der Waals surface area contributed by atoms with Gasteiger partial charge in [-0.2, -0.15) is 0 Å². The standard InChI is InChI=1S/C29H36F3NO3/c1-20-15-25-23-10-6-5-9-21(23)16-26(25)28(33(20)18-29(31,32)19-34)24-12-11-22(17-27(24)35-2)36-14-8-4-3-7-13-30/h5-6,9-12,17,20,28,34H,3-4,7-8,13-16,18-19H2,1-2H3/t20-,28-/m1/s1. The van der Waals surface area contributed by atoms with Crippen LogP contribution < -0.4 is 9.47 Å². The number of hydrogen-bond donors (Lipinski definition) is 1. The van der Waals surface area contributed by atoms with Gasteiger partial charge in [0.1, 0.15) is 18.1 Å². The molecule has 1 aliphatic carbocycles. The number of hydrogen-bond acceptors (Lipinski definition) is 4. The van der Waals surface area contributed by atoms with Gasteiger partial charge in [-0.1, -0.05) is 30.7 Å². The van der Waals surface area contributed by atoms with E-state index in [1.54, 1.807) is 7.11 Å². The number of rotatable bonds is 12. The predicted molar refractivity (Wildman–Crippen MR) is 136 cm³/mol. The Kier molecular flexibility index (Phi) is 8.62. The summed E-state index contributed by atoms with van der Waals surface area (Å²) in [7, 11) is 1.58. The van der Waals surface area contributed by atoms with Crippen LogP contribution in [0.25, 0.3) is 5.57 Å².